The summed E-state index contributed by atoms with van der Waals surface area (Å²) in [6.07, 6.45) is 2.33. The molecule has 0 aromatic heterocycles. The van der Waals surface area contributed by atoms with Gasteiger partial charge in [0, 0.05) is 18.5 Å². The summed E-state index contributed by atoms with van der Waals surface area (Å²) in [5, 5.41) is 8.99. The van der Waals surface area contributed by atoms with E-state index in [0.717, 1.165) is 19.4 Å². The van der Waals surface area contributed by atoms with E-state index < -0.39 is 0 Å². The van der Waals surface area contributed by atoms with Crippen molar-refractivity contribution in [1.82, 2.24) is 16.0 Å². The smallest absolute Gasteiger partial charge is 0.239 e. The van der Waals surface area contributed by atoms with Gasteiger partial charge in [-0.05, 0) is 31.7 Å². The van der Waals surface area contributed by atoms with E-state index in [2.05, 4.69) is 22.9 Å². The molecule has 1 saturated heterocycles. The second-order valence-electron chi connectivity index (χ2n) is 6.66. The second-order valence-corrected chi connectivity index (χ2v) is 6.66. The zero-order chi connectivity index (χ0) is 14.5. The first kappa shape index (κ1) is 19.2. The van der Waals surface area contributed by atoms with E-state index in [-0.39, 0.29) is 42.2 Å². The van der Waals surface area contributed by atoms with Crippen molar-refractivity contribution in [3.05, 3.63) is 0 Å². The number of nitrogens with one attached hydrogen (secondary N) is 3. The number of rotatable bonds is 4. The van der Waals surface area contributed by atoms with Crippen LogP contribution < -0.4 is 16.0 Å². The van der Waals surface area contributed by atoms with Crippen LogP contribution >= 0.6 is 12.4 Å². The molecule has 5 nitrogen and oxygen atoms in total. The van der Waals surface area contributed by atoms with Crippen molar-refractivity contribution in [2.45, 2.75) is 59.0 Å². The van der Waals surface area contributed by atoms with E-state index >= 15 is 0 Å². The maximum absolute atomic E-state index is 11.7. The first-order valence-electron chi connectivity index (χ1n) is 7.06. The van der Waals surface area contributed by atoms with Gasteiger partial charge in [-0.15, -0.1) is 12.4 Å². The number of hydrogen-bond donors (Lipinski definition) is 3. The predicted molar refractivity (Wildman–Crippen MR) is 83.0 cm³/mol. The quantitative estimate of drug-likeness (QED) is 0.731. The van der Waals surface area contributed by atoms with Crippen LogP contribution in [-0.2, 0) is 9.59 Å². The molecule has 0 aliphatic carbocycles. The van der Waals surface area contributed by atoms with Crippen molar-refractivity contribution < 1.29 is 9.59 Å². The average molecular weight is 306 g/mol. The molecule has 0 spiro atoms. The molecule has 20 heavy (non-hydrogen) atoms. The molecule has 1 aliphatic heterocycles. The Hall–Kier alpha value is -0.810. The molecule has 1 aliphatic rings. The maximum Gasteiger partial charge on any atom is 0.239 e. The van der Waals surface area contributed by atoms with E-state index in [4.69, 9.17) is 0 Å². The Morgan fingerprint density at radius 1 is 1.25 bits per heavy atom. The lowest BCUT2D eigenvalue weighted by atomic mass is 9.92. The molecule has 0 aromatic rings. The minimum Gasteiger partial charge on any atom is -0.352 e. The third-order valence-corrected chi connectivity index (χ3v) is 3.13. The van der Waals surface area contributed by atoms with Crippen molar-refractivity contribution in [1.29, 1.82) is 0 Å². The van der Waals surface area contributed by atoms with Gasteiger partial charge in [0.2, 0.25) is 11.8 Å². The predicted octanol–water partition coefficient (Wildman–Crippen LogP) is 1.22. The van der Waals surface area contributed by atoms with Gasteiger partial charge in [0.25, 0.3) is 0 Å². The van der Waals surface area contributed by atoms with Crippen LogP contribution in [0.4, 0.5) is 0 Å². The van der Waals surface area contributed by atoms with Crippen molar-refractivity contribution in [2.75, 3.05) is 13.1 Å². The molecule has 3 N–H and O–H groups in total. The Kier molecular flexibility index (Phi) is 8.13. The van der Waals surface area contributed by atoms with Gasteiger partial charge in [0.05, 0.1) is 6.54 Å². The molecule has 1 fully saturated rings. The molecule has 0 aromatic carbocycles. The number of piperidine rings is 1. The third kappa shape index (κ3) is 8.38. The number of hydrogen-bond acceptors (Lipinski definition) is 3. The third-order valence-electron chi connectivity index (χ3n) is 3.13. The fourth-order valence-electron chi connectivity index (χ4n) is 2.26. The summed E-state index contributed by atoms with van der Waals surface area (Å²) in [7, 11) is 0. The lowest BCUT2D eigenvalue weighted by molar-refractivity contribution is -0.127. The van der Waals surface area contributed by atoms with Crippen LogP contribution in [0.5, 0.6) is 0 Å². The van der Waals surface area contributed by atoms with Crippen molar-refractivity contribution >= 4 is 24.2 Å². The Balaban J connectivity index is 0.00000361. The minimum absolute atomic E-state index is 0. The molecule has 0 radical (unpaired) electrons. The molecule has 2 unspecified atom stereocenters. The van der Waals surface area contributed by atoms with E-state index in [0.29, 0.717) is 12.5 Å². The molecular weight excluding hydrogens is 278 g/mol. The molecule has 0 bridgehead atoms. The van der Waals surface area contributed by atoms with Crippen LogP contribution in [0.15, 0.2) is 0 Å². The Bertz CT molecular complexity index is 329. The van der Waals surface area contributed by atoms with E-state index in [1.54, 1.807) is 0 Å². The van der Waals surface area contributed by atoms with E-state index in [9.17, 15) is 9.59 Å². The van der Waals surface area contributed by atoms with Crippen molar-refractivity contribution in [3.8, 4) is 0 Å². The van der Waals surface area contributed by atoms with Crippen molar-refractivity contribution in [2.24, 2.45) is 5.41 Å². The van der Waals surface area contributed by atoms with Crippen LogP contribution in [0.3, 0.4) is 0 Å². The van der Waals surface area contributed by atoms with Gasteiger partial charge in [-0.25, -0.2) is 0 Å². The second kappa shape index (κ2) is 8.47. The number of carbonyl (C=O) groups excluding carboxylic acids is 2. The SMILES string of the molecule is CC1CC(NC(=O)CNC(=O)CC(C)(C)C)CCN1.Cl. The highest BCUT2D eigenvalue weighted by Gasteiger charge is 2.20. The van der Waals surface area contributed by atoms with Gasteiger partial charge < -0.3 is 16.0 Å². The fraction of sp³-hybridized carbons (Fsp3) is 0.857. The van der Waals surface area contributed by atoms with E-state index in [1.165, 1.54) is 0 Å². The first-order valence-corrected chi connectivity index (χ1v) is 7.06. The van der Waals surface area contributed by atoms with Gasteiger partial charge in [0.15, 0.2) is 0 Å². The summed E-state index contributed by atoms with van der Waals surface area (Å²) in [5.74, 6) is -0.164. The van der Waals surface area contributed by atoms with E-state index in [1.807, 2.05) is 20.8 Å². The van der Waals surface area contributed by atoms with Crippen LogP contribution in [0.2, 0.25) is 0 Å². The molecule has 0 saturated carbocycles. The summed E-state index contributed by atoms with van der Waals surface area (Å²) >= 11 is 0. The lowest BCUT2D eigenvalue weighted by Gasteiger charge is -2.28. The van der Waals surface area contributed by atoms with Crippen LogP contribution in [0, 0.1) is 5.41 Å². The number of carbonyl (C=O) groups is 2. The summed E-state index contributed by atoms with van der Waals surface area (Å²) in [4.78, 5) is 23.3. The standard InChI is InChI=1S/C14H27N3O2.ClH/c1-10-7-11(5-6-15-10)17-13(19)9-16-12(18)8-14(2,3)4;/h10-11,15H,5-9H2,1-4H3,(H,16,18)(H,17,19);1H. The zero-order valence-corrected chi connectivity index (χ0v) is 13.7. The van der Waals surface area contributed by atoms with Gasteiger partial charge in [0.1, 0.15) is 0 Å². The number of halogens is 1. The fourth-order valence-corrected chi connectivity index (χ4v) is 2.26. The molecule has 6 heteroatoms. The summed E-state index contributed by atoms with van der Waals surface area (Å²) < 4.78 is 0. The highest BCUT2D eigenvalue weighted by Crippen LogP contribution is 2.17. The average Bonchev–Trinajstić information content (AvgIpc) is 2.24. The Morgan fingerprint density at radius 2 is 1.90 bits per heavy atom. The van der Waals surface area contributed by atoms with Crippen LogP contribution in [-0.4, -0.2) is 37.0 Å². The maximum atomic E-state index is 11.7. The normalized spacial score (nSPS) is 22.6. The minimum atomic E-state index is -0.0960. The molecule has 118 valence electrons. The highest BCUT2D eigenvalue weighted by molar-refractivity contribution is 5.85. The molecule has 2 atom stereocenters. The van der Waals surface area contributed by atoms with Gasteiger partial charge >= 0.3 is 0 Å². The van der Waals surface area contributed by atoms with Gasteiger partial charge in [-0.2, -0.15) is 0 Å². The van der Waals surface area contributed by atoms with Crippen LogP contribution in [0.25, 0.3) is 0 Å². The number of amides is 2. The largest absolute Gasteiger partial charge is 0.352 e. The summed E-state index contributed by atoms with van der Waals surface area (Å²) in [5.41, 5.74) is -0.0506. The van der Waals surface area contributed by atoms with Gasteiger partial charge in [-0.3, -0.25) is 9.59 Å². The van der Waals surface area contributed by atoms with Crippen LogP contribution in [0.1, 0.15) is 47.0 Å². The van der Waals surface area contributed by atoms with Crippen molar-refractivity contribution in [3.63, 3.8) is 0 Å². The molecular formula is C14H28ClN3O2. The Labute approximate surface area is 128 Å². The first-order chi connectivity index (χ1) is 8.76. The lowest BCUT2D eigenvalue weighted by Crippen LogP contribution is -2.49. The molecule has 1 rings (SSSR count). The highest BCUT2D eigenvalue weighted by atomic mass is 35.5. The molecule has 2 amide bonds. The molecule has 1 heterocycles. The zero-order valence-electron chi connectivity index (χ0n) is 12.9. The monoisotopic (exact) mass is 305 g/mol. The Morgan fingerprint density at radius 3 is 2.45 bits per heavy atom. The topological polar surface area (TPSA) is 70.2 Å². The summed E-state index contributed by atoms with van der Waals surface area (Å²) in [6, 6.07) is 0.665. The van der Waals surface area contributed by atoms with Gasteiger partial charge in [-0.1, -0.05) is 20.8 Å². The summed E-state index contributed by atoms with van der Waals surface area (Å²) in [6.45, 7) is 9.13.